The molecule has 0 unspecified atom stereocenters. The molecule has 0 aliphatic heterocycles. The van der Waals surface area contributed by atoms with Crippen LogP contribution in [0, 0.1) is 0 Å². The predicted octanol–water partition coefficient (Wildman–Crippen LogP) is 25.3. The zero-order valence-corrected chi connectivity index (χ0v) is 56.0. The van der Waals surface area contributed by atoms with Gasteiger partial charge in [-0.25, -0.2) is 29.9 Å². The van der Waals surface area contributed by atoms with E-state index < -0.39 is 0 Å². The van der Waals surface area contributed by atoms with Crippen molar-refractivity contribution in [2.24, 2.45) is 0 Å². The Morgan fingerprint density at radius 2 is 0.709 bits per heavy atom. The van der Waals surface area contributed by atoms with Gasteiger partial charge in [-0.3, -0.25) is 0 Å². The van der Waals surface area contributed by atoms with Crippen LogP contribution in [0.4, 0.5) is 0 Å². The van der Waals surface area contributed by atoms with Gasteiger partial charge in [-0.2, -0.15) is 0 Å². The van der Waals surface area contributed by atoms with Crippen LogP contribution in [0.15, 0.2) is 349 Å². The van der Waals surface area contributed by atoms with Gasteiger partial charge in [-0.05, 0) is 128 Å². The van der Waals surface area contributed by atoms with Crippen molar-refractivity contribution in [2.75, 3.05) is 0 Å². The van der Waals surface area contributed by atoms with Crippen LogP contribution < -0.4 is 0 Å². The second kappa shape index (κ2) is 25.2. The third-order valence-corrected chi connectivity index (χ3v) is 19.8. The standard InChI is InChI=1S/C95H60N6O2/c1-3-4-8-21-58(2)82-56-83(63-36-38-64(39-37-63)90-88-74-30-17-19-32-86(74)102-92(88)78-53-69(48-50-80(78)96-90)59-22-9-5-10-23-59)99-94(98-82)66-42-34-60(35-43-66)68-46-47-70-54-77(73-29-16-15-28-72(73)76(70)52-68)71-49-51-81-79(55-71)93-89(75-31-18-20-33-87(75)103-93)91(97-81)65-40-44-67(45-41-65)95-100-84(61-24-11-6-12-25-61)57-85(101-95)62-26-13-7-14-27-62/h3-57H,2H2,1H3/b4-3-,21-8-. The summed E-state index contributed by atoms with van der Waals surface area (Å²) in [6.07, 6.45) is 7.97. The van der Waals surface area contributed by atoms with Crippen molar-refractivity contribution >= 4 is 92.8 Å². The molecular formula is C95H60N6O2. The Morgan fingerprint density at radius 1 is 0.301 bits per heavy atom. The Hall–Kier alpha value is -13.8. The van der Waals surface area contributed by atoms with Crippen molar-refractivity contribution in [1.29, 1.82) is 0 Å². The fourth-order valence-electron chi connectivity index (χ4n) is 14.6. The second-order valence-electron chi connectivity index (χ2n) is 26.1. The highest BCUT2D eigenvalue weighted by atomic mass is 16.3. The van der Waals surface area contributed by atoms with E-state index in [4.69, 9.17) is 38.7 Å². The summed E-state index contributed by atoms with van der Waals surface area (Å²) < 4.78 is 13.6. The third kappa shape index (κ3) is 10.9. The molecule has 0 aliphatic carbocycles. The van der Waals surface area contributed by atoms with Gasteiger partial charge in [0.05, 0.1) is 56.0 Å². The number of furan rings is 2. The normalized spacial score (nSPS) is 11.9. The first kappa shape index (κ1) is 60.4. The molecule has 0 radical (unpaired) electrons. The maximum Gasteiger partial charge on any atom is 0.160 e. The van der Waals surface area contributed by atoms with Crippen LogP contribution in [0.5, 0.6) is 0 Å². The maximum atomic E-state index is 6.90. The molecule has 0 spiro atoms. The zero-order chi connectivity index (χ0) is 68.5. The fourth-order valence-corrected chi connectivity index (χ4v) is 14.6. The highest BCUT2D eigenvalue weighted by Gasteiger charge is 2.23. The molecule has 482 valence electrons. The minimum atomic E-state index is 0.602. The SMILES string of the molecule is C=C(/C=C\C=C/C)c1cc(-c2ccc(-c3nc4ccc(-c5ccccc5)cc4c4oc5ccccc5c34)cc2)nc(-c2ccc(-c3ccc4cc(-c5ccc6nc(-c7ccc(-c8nc(-c9ccccc9)cc(-c9ccccc9)n8)cc7)c7c8ccccc8oc7c6c5)c5ccccc5c4c3)cc2)n1. The summed E-state index contributed by atoms with van der Waals surface area (Å²) in [5, 5.41) is 10.5. The van der Waals surface area contributed by atoms with Crippen molar-refractivity contribution in [3.05, 3.63) is 346 Å². The summed E-state index contributed by atoms with van der Waals surface area (Å²) in [6.45, 7) is 6.47. The minimum Gasteiger partial charge on any atom is -0.455 e. The van der Waals surface area contributed by atoms with Gasteiger partial charge < -0.3 is 8.83 Å². The predicted molar refractivity (Wildman–Crippen MR) is 425 cm³/mol. The number of nitrogens with zero attached hydrogens (tertiary/aromatic N) is 6. The number of hydrogen-bond donors (Lipinski definition) is 0. The summed E-state index contributed by atoms with van der Waals surface area (Å²) in [5.74, 6) is 1.25. The van der Waals surface area contributed by atoms with E-state index in [1.165, 1.54) is 5.39 Å². The molecule has 0 aliphatic rings. The van der Waals surface area contributed by atoms with E-state index in [1.807, 2.05) is 104 Å². The van der Waals surface area contributed by atoms with Gasteiger partial charge in [-0.1, -0.05) is 280 Å². The number of benzene rings is 13. The highest BCUT2D eigenvalue weighted by Crippen LogP contribution is 2.45. The number of para-hydroxylation sites is 2. The molecule has 0 fully saturated rings. The maximum absolute atomic E-state index is 6.90. The first-order valence-electron chi connectivity index (χ1n) is 34.6. The van der Waals surface area contributed by atoms with Crippen molar-refractivity contribution in [1.82, 2.24) is 29.9 Å². The van der Waals surface area contributed by atoms with E-state index in [1.54, 1.807) is 0 Å². The molecule has 6 aromatic heterocycles. The van der Waals surface area contributed by atoms with E-state index in [2.05, 4.69) is 243 Å². The average molecular weight is 1320 g/mol. The van der Waals surface area contributed by atoms with Crippen LogP contribution in [0.2, 0.25) is 0 Å². The molecule has 103 heavy (non-hydrogen) atoms. The van der Waals surface area contributed by atoms with Gasteiger partial charge in [0.15, 0.2) is 11.6 Å². The number of rotatable bonds is 13. The summed E-state index contributed by atoms with van der Waals surface area (Å²) >= 11 is 0. The van der Waals surface area contributed by atoms with Gasteiger partial charge in [0.1, 0.15) is 22.3 Å². The van der Waals surface area contributed by atoms with E-state index in [0.29, 0.717) is 11.6 Å². The Kier molecular flexibility index (Phi) is 14.8. The van der Waals surface area contributed by atoms with Crippen molar-refractivity contribution in [3.63, 3.8) is 0 Å². The lowest BCUT2D eigenvalue weighted by Crippen LogP contribution is -1.97. The molecule has 0 bridgehead atoms. The second-order valence-corrected chi connectivity index (χ2v) is 26.1. The Balaban J connectivity index is 0.642. The largest absolute Gasteiger partial charge is 0.455 e. The molecule has 0 N–H and O–H groups in total. The molecule has 13 aromatic carbocycles. The molecule has 0 saturated heterocycles. The number of allylic oxidation sites excluding steroid dienone is 5. The summed E-state index contributed by atoms with van der Waals surface area (Å²) in [7, 11) is 0. The number of aromatic nitrogens is 6. The van der Waals surface area contributed by atoms with E-state index in [-0.39, 0.29) is 0 Å². The van der Waals surface area contributed by atoms with E-state index in [0.717, 1.165) is 194 Å². The van der Waals surface area contributed by atoms with Gasteiger partial charge in [0, 0.05) is 60.5 Å². The summed E-state index contributed by atoms with van der Waals surface area (Å²) in [5.41, 5.74) is 24.1. The summed E-state index contributed by atoms with van der Waals surface area (Å²) in [4.78, 5) is 31.5. The van der Waals surface area contributed by atoms with Gasteiger partial charge in [0.25, 0.3) is 0 Å². The number of pyridine rings is 2. The molecule has 6 heterocycles. The van der Waals surface area contributed by atoms with Gasteiger partial charge in [0.2, 0.25) is 0 Å². The molecule has 0 saturated carbocycles. The first-order valence-corrected chi connectivity index (χ1v) is 34.6. The van der Waals surface area contributed by atoms with Gasteiger partial charge >= 0.3 is 0 Å². The molecule has 0 amide bonds. The van der Waals surface area contributed by atoms with Crippen LogP contribution in [0.25, 0.3) is 205 Å². The lowest BCUT2D eigenvalue weighted by molar-refractivity contribution is 0.672. The Labute approximate surface area is 593 Å². The summed E-state index contributed by atoms with van der Waals surface area (Å²) in [6, 6.07) is 108. The minimum absolute atomic E-state index is 0.602. The van der Waals surface area contributed by atoms with Gasteiger partial charge in [-0.15, -0.1) is 0 Å². The molecule has 8 nitrogen and oxygen atoms in total. The lowest BCUT2D eigenvalue weighted by Gasteiger charge is -2.14. The van der Waals surface area contributed by atoms with Crippen molar-refractivity contribution in [3.8, 4) is 112 Å². The van der Waals surface area contributed by atoms with Crippen molar-refractivity contribution in [2.45, 2.75) is 6.92 Å². The Bertz CT molecular complexity index is 6600. The number of hydrogen-bond acceptors (Lipinski definition) is 8. The molecule has 0 atom stereocenters. The average Bonchev–Trinajstić information content (AvgIpc) is 1.66. The number of fused-ring (bicyclic) bond motifs is 13. The van der Waals surface area contributed by atoms with Crippen LogP contribution >= 0.6 is 0 Å². The van der Waals surface area contributed by atoms with E-state index >= 15 is 0 Å². The van der Waals surface area contributed by atoms with Crippen LogP contribution in [0.1, 0.15) is 12.6 Å². The smallest absolute Gasteiger partial charge is 0.160 e. The van der Waals surface area contributed by atoms with Crippen LogP contribution in [-0.4, -0.2) is 29.9 Å². The van der Waals surface area contributed by atoms with Crippen LogP contribution in [0.3, 0.4) is 0 Å². The third-order valence-electron chi connectivity index (χ3n) is 19.8. The quantitative estimate of drug-likeness (QED) is 0.0831. The van der Waals surface area contributed by atoms with Crippen molar-refractivity contribution < 1.29 is 8.83 Å². The fraction of sp³-hybridized carbons (Fsp3) is 0.0105. The van der Waals surface area contributed by atoms with E-state index in [9.17, 15) is 0 Å². The lowest BCUT2D eigenvalue weighted by atomic mass is 9.91. The van der Waals surface area contributed by atoms with Crippen LogP contribution in [-0.2, 0) is 0 Å². The monoisotopic (exact) mass is 1320 g/mol. The molecule has 19 rings (SSSR count). The molecular weight excluding hydrogens is 1260 g/mol. The zero-order valence-electron chi connectivity index (χ0n) is 56.0. The first-order chi connectivity index (χ1) is 50.9. The topological polar surface area (TPSA) is 104 Å². The Morgan fingerprint density at radius 3 is 1.27 bits per heavy atom. The highest BCUT2D eigenvalue weighted by molar-refractivity contribution is 6.22. The molecule has 19 aromatic rings. The molecule has 8 heteroatoms.